The van der Waals surface area contributed by atoms with Gasteiger partial charge >= 0.3 is 0 Å². The monoisotopic (exact) mass is 327 g/mol. The van der Waals surface area contributed by atoms with Gasteiger partial charge in [-0.2, -0.15) is 4.98 Å². The van der Waals surface area contributed by atoms with Crippen molar-refractivity contribution in [1.82, 2.24) is 15.0 Å². The fraction of sp³-hybridized carbons (Fsp3) is 0.579. The molecule has 1 saturated carbocycles. The molecular formula is C19H25N3O2. The van der Waals surface area contributed by atoms with Crippen LogP contribution in [0.25, 0.3) is 0 Å². The van der Waals surface area contributed by atoms with Crippen molar-refractivity contribution >= 4 is 0 Å². The smallest absolute Gasteiger partial charge is 0.243 e. The van der Waals surface area contributed by atoms with Crippen molar-refractivity contribution < 1.29 is 9.26 Å². The lowest BCUT2D eigenvalue weighted by molar-refractivity contribution is -0.0124. The summed E-state index contributed by atoms with van der Waals surface area (Å²) in [6.07, 6.45) is 4.87. The highest BCUT2D eigenvalue weighted by Gasteiger charge is 2.31. The first-order valence-corrected chi connectivity index (χ1v) is 9.02. The van der Waals surface area contributed by atoms with E-state index in [0.29, 0.717) is 18.6 Å². The van der Waals surface area contributed by atoms with Crippen LogP contribution in [-0.2, 0) is 11.3 Å². The Balaban J connectivity index is 1.26. The zero-order valence-electron chi connectivity index (χ0n) is 14.2. The van der Waals surface area contributed by atoms with Crippen LogP contribution in [0.1, 0.15) is 61.8 Å². The van der Waals surface area contributed by atoms with Crippen molar-refractivity contribution in [3.8, 4) is 0 Å². The van der Waals surface area contributed by atoms with Gasteiger partial charge in [-0.1, -0.05) is 35.5 Å². The molecule has 1 aromatic heterocycles. The molecule has 2 fully saturated rings. The van der Waals surface area contributed by atoms with E-state index in [2.05, 4.69) is 46.2 Å². The number of benzene rings is 1. The molecule has 128 valence electrons. The van der Waals surface area contributed by atoms with Gasteiger partial charge in [-0.3, -0.25) is 4.90 Å². The van der Waals surface area contributed by atoms with Crippen molar-refractivity contribution in [2.24, 2.45) is 0 Å². The second-order valence-corrected chi connectivity index (χ2v) is 6.97. The number of piperidine rings is 1. The highest BCUT2D eigenvalue weighted by Crippen LogP contribution is 2.38. The highest BCUT2D eigenvalue weighted by atomic mass is 16.5. The molecule has 1 aliphatic heterocycles. The Morgan fingerprint density at radius 2 is 1.92 bits per heavy atom. The Kier molecular flexibility index (Phi) is 4.63. The number of rotatable bonds is 6. The zero-order valence-corrected chi connectivity index (χ0v) is 14.2. The molecule has 4 rings (SSSR count). The summed E-state index contributed by atoms with van der Waals surface area (Å²) in [6.45, 7) is 4.90. The van der Waals surface area contributed by atoms with E-state index in [9.17, 15) is 0 Å². The standard InChI is InChI=1S/C19H25N3O2/c1-14(19-20-18(21-24-19)16-7-8-16)22-11-9-17(10-12-22)23-13-15-5-3-2-4-6-15/h2-6,14,16-17H,7-13H2,1H3. The SMILES string of the molecule is CC(c1nc(C2CC2)no1)N1CCC(OCc2ccccc2)CC1. The van der Waals surface area contributed by atoms with E-state index in [-0.39, 0.29) is 6.04 Å². The van der Waals surface area contributed by atoms with Crippen LogP contribution in [-0.4, -0.2) is 34.2 Å². The molecule has 1 atom stereocenters. The number of aromatic nitrogens is 2. The van der Waals surface area contributed by atoms with Gasteiger partial charge in [0.05, 0.1) is 18.8 Å². The summed E-state index contributed by atoms with van der Waals surface area (Å²) in [6, 6.07) is 10.6. The van der Waals surface area contributed by atoms with E-state index in [0.717, 1.165) is 37.6 Å². The number of likely N-dealkylation sites (tertiary alicyclic amines) is 1. The molecule has 5 heteroatoms. The van der Waals surface area contributed by atoms with E-state index in [1.54, 1.807) is 0 Å². The summed E-state index contributed by atoms with van der Waals surface area (Å²) in [5, 5.41) is 4.13. The first-order chi connectivity index (χ1) is 11.8. The lowest BCUT2D eigenvalue weighted by atomic mass is 10.1. The summed E-state index contributed by atoms with van der Waals surface area (Å²) in [5.74, 6) is 2.21. The summed E-state index contributed by atoms with van der Waals surface area (Å²) < 4.78 is 11.5. The summed E-state index contributed by atoms with van der Waals surface area (Å²) >= 11 is 0. The number of hydrogen-bond acceptors (Lipinski definition) is 5. The minimum absolute atomic E-state index is 0.195. The average Bonchev–Trinajstić information content (AvgIpc) is 3.38. The van der Waals surface area contributed by atoms with Crippen molar-refractivity contribution in [3.63, 3.8) is 0 Å². The van der Waals surface area contributed by atoms with Gasteiger partial charge in [-0.05, 0) is 38.2 Å². The van der Waals surface area contributed by atoms with Crippen molar-refractivity contribution in [2.45, 2.75) is 57.3 Å². The predicted octanol–water partition coefficient (Wildman–Crippen LogP) is 3.69. The fourth-order valence-corrected chi connectivity index (χ4v) is 3.30. The second-order valence-electron chi connectivity index (χ2n) is 6.97. The molecule has 0 bridgehead atoms. The molecular weight excluding hydrogens is 302 g/mol. The van der Waals surface area contributed by atoms with Crippen LogP contribution in [0.3, 0.4) is 0 Å². The second kappa shape index (κ2) is 7.03. The van der Waals surface area contributed by atoms with Gasteiger partial charge in [0.1, 0.15) is 0 Å². The highest BCUT2D eigenvalue weighted by molar-refractivity contribution is 5.13. The molecule has 24 heavy (non-hydrogen) atoms. The lowest BCUT2D eigenvalue weighted by Crippen LogP contribution is -2.38. The van der Waals surface area contributed by atoms with Crippen molar-refractivity contribution in [1.29, 1.82) is 0 Å². The van der Waals surface area contributed by atoms with Gasteiger partial charge in [0.25, 0.3) is 0 Å². The first kappa shape index (κ1) is 15.8. The molecule has 1 aliphatic carbocycles. The third kappa shape index (κ3) is 3.68. The largest absolute Gasteiger partial charge is 0.373 e. The molecule has 5 nitrogen and oxygen atoms in total. The Hall–Kier alpha value is -1.72. The quantitative estimate of drug-likeness (QED) is 0.810. The molecule has 2 heterocycles. The maximum atomic E-state index is 6.07. The predicted molar refractivity (Wildman–Crippen MR) is 90.5 cm³/mol. The van der Waals surface area contributed by atoms with Crippen LogP contribution in [0, 0.1) is 0 Å². The summed E-state index contributed by atoms with van der Waals surface area (Å²) in [5.41, 5.74) is 1.24. The van der Waals surface area contributed by atoms with Crippen LogP contribution >= 0.6 is 0 Å². The first-order valence-electron chi connectivity index (χ1n) is 9.02. The van der Waals surface area contributed by atoms with Crippen LogP contribution in [0.15, 0.2) is 34.9 Å². The maximum absolute atomic E-state index is 6.07. The Morgan fingerprint density at radius 3 is 2.62 bits per heavy atom. The van der Waals surface area contributed by atoms with E-state index in [1.165, 1.54) is 18.4 Å². The minimum Gasteiger partial charge on any atom is -0.373 e. The molecule has 1 saturated heterocycles. The molecule has 2 aliphatic rings. The Labute approximate surface area is 143 Å². The van der Waals surface area contributed by atoms with Crippen LogP contribution in [0.2, 0.25) is 0 Å². The van der Waals surface area contributed by atoms with Crippen LogP contribution < -0.4 is 0 Å². The Bertz CT molecular complexity index is 646. The maximum Gasteiger partial charge on any atom is 0.243 e. The van der Waals surface area contributed by atoms with Gasteiger partial charge in [-0.25, -0.2) is 0 Å². The van der Waals surface area contributed by atoms with E-state index in [4.69, 9.17) is 9.26 Å². The number of nitrogens with zero attached hydrogens (tertiary/aromatic N) is 3. The van der Waals surface area contributed by atoms with Crippen molar-refractivity contribution in [3.05, 3.63) is 47.6 Å². The minimum atomic E-state index is 0.195. The molecule has 0 spiro atoms. The molecule has 0 N–H and O–H groups in total. The van der Waals surface area contributed by atoms with E-state index < -0.39 is 0 Å². The van der Waals surface area contributed by atoms with E-state index in [1.807, 2.05) is 6.07 Å². The van der Waals surface area contributed by atoms with Crippen LogP contribution in [0.4, 0.5) is 0 Å². The third-order valence-corrected chi connectivity index (χ3v) is 5.11. The lowest BCUT2D eigenvalue weighted by Gasteiger charge is -2.34. The van der Waals surface area contributed by atoms with E-state index >= 15 is 0 Å². The van der Waals surface area contributed by atoms with Gasteiger partial charge in [0.2, 0.25) is 5.89 Å². The van der Waals surface area contributed by atoms with Gasteiger partial charge in [0, 0.05) is 19.0 Å². The normalized spacial score (nSPS) is 21.0. The number of hydrogen-bond donors (Lipinski definition) is 0. The molecule has 0 amide bonds. The Morgan fingerprint density at radius 1 is 1.17 bits per heavy atom. The molecule has 1 unspecified atom stereocenters. The van der Waals surface area contributed by atoms with Crippen molar-refractivity contribution in [2.75, 3.05) is 13.1 Å². The summed E-state index contributed by atoms with van der Waals surface area (Å²) in [7, 11) is 0. The average molecular weight is 327 g/mol. The fourth-order valence-electron chi connectivity index (χ4n) is 3.30. The van der Waals surface area contributed by atoms with Gasteiger partial charge in [0.15, 0.2) is 5.82 Å². The zero-order chi connectivity index (χ0) is 16.4. The molecule has 0 radical (unpaired) electrons. The molecule has 2 aromatic rings. The molecule has 1 aromatic carbocycles. The van der Waals surface area contributed by atoms with Gasteiger partial charge < -0.3 is 9.26 Å². The topological polar surface area (TPSA) is 51.4 Å². The summed E-state index contributed by atoms with van der Waals surface area (Å²) in [4.78, 5) is 7.01. The van der Waals surface area contributed by atoms with Crippen LogP contribution in [0.5, 0.6) is 0 Å². The van der Waals surface area contributed by atoms with Gasteiger partial charge in [-0.15, -0.1) is 0 Å². The third-order valence-electron chi connectivity index (χ3n) is 5.11. The number of ether oxygens (including phenoxy) is 1.